The SMILES string of the molecule is CC(CS(C)=O)NC(=O)N(C)CC(=O)O. The van der Waals surface area contributed by atoms with E-state index in [2.05, 4.69) is 5.32 Å². The number of rotatable bonds is 5. The first kappa shape index (κ1) is 13.9. The normalized spacial score (nSPS) is 14.1. The van der Waals surface area contributed by atoms with E-state index < -0.39 is 22.8 Å². The second-order valence-corrected chi connectivity index (χ2v) is 4.82. The molecular formula is C8H16N2O4S. The van der Waals surface area contributed by atoms with E-state index in [0.717, 1.165) is 4.90 Å². The first-order chi connectivity index (χ1) is 6.82. The molecule has 7 heteroatoms. The van der Waals surface area contributed by atoms with E-state index in [4.69, 9.17) is 5.11 Å². The van der Waals surface area contributed by atoms with E-state index in [1.165, 1.54) is 7.05 Å². The molecule has 88 valence electrons. The van der Waals surface area contributed by atoms with Crippen molar-refractivity contribution in [3.05, 3.63) is 0 Å². The monoisotopic (exact) mass is 236 g/mol. The molecule has 6 nitrogen and oxygen atoms in total. The number of aliphatic carboxylic acids is 1. The van der Waals surface area contributed by atoms with Crippen LogP contribution in [0, 0.1) is 0 Å². The van der Waals surface area contributed by atoms with Gasteiger partial charge in [0.05, 0.1) is 0 Å². The highest BCUT2D eigenvalue weighted by atomic mass is 32.2. The van der Waals surface area contributed by atoms with Crippen LogP contribution in [0.1, 0.15) is 6.92 Å². The van der Waals surface area contributed by atoms with Crippen LogP contribution >= 0.6 is 0 Å². The molecule has 2 atom stereocenters. The summed E-state index contributed by atoms with van der Waals surface area (Å²) in [7, 11) is 0.402. The number of carbonyl (C=O) groups is 2. The molecule has 0 bridgehead atoms. The fourth-order valence-corrected chi connectivity index (χ4v) is 1.78. The number of amides is 2. The Morgan fingerprint density at radius 1 is 1.53 bits per heavy atom. The lowest BCUT2D eigenvalue weighted by molar-refractivity contribution is -0.137. The second kappa shape index (κ2) is 6.39. The van der Waals surface area contributed by atoms with Crippen molar-refractivity contribution in [2.45, 2.75) is 13.0 Å². The van der Waals surface area contributed by atoms with E-state index in [1.807, 2.05) is 0 Å². The minimum atomic E-state index is -1.07. The average molecular weight is 236 g/mol. The summed E-state index contributed by atoms with van der Waals surface area (Å²) in [5.74, 6) is -0.716. The summed E-state index contributed by atoms with van der Waals surface area (Å²) < 4.78 is 10.8. The molecule has 0 heterocycles. The smallest absolute Gasteiger partial charge is 0.323 e. The Balaban J connectivity index is 4.01. The number of carboxylic acids is 1. The fourth-order valence-electron chi connectivity index (χ4n) is 0.989. The minimum Gasteiger partial charge on any atom is -0.480 e. The van der Waals surface area contributed by atoms with Gasteiger partial charge >= 0.3 is 12.0 Å². The van der Waals surface area contributed by atoms with Crippen LogP contribution in [0.15, 0.2) is 0 Å². The number of nitrogens with one attached hydrogen (secondary N) is 1. The zero-order valence-corrected chi connectivity index (χ0v) is 9.84. The Bertz CT molecular complexity index is 269. The molecule has 2 unspecified atom stereocenters. The van der Waals surface area contributed by atoms with Crippen LogP contribution < -0.4 is 5.32 Å². The van der Waals surface area contributed by atoms with Crippen LogP contribution in [-0.2, 0) is 15.6 Å². The summed E-state index contributed by atoms with van der Waals surface area (Å²) in [4.78, 5) is 22.7. The maximum Gasteiger partial charge on any atom is 0.323 e. The van der Waals surface area contributed by atoms with Crippen LogP contribution in [0.25, 0.3) is 0 Å². The number of hydrogen-bond acceptors (Lipinski definition) is 3. The number of nitrogens with zero attached hydrogens (tertiary/aromatic N) is 1. The van der Waals surface area contributed by atoms with Gasteiger partial charge in [-0.1, -0.05) is 0 Å². The molecule has 0 radical (unpaired) electrons. The van der Waals surface area contributed by atoms with Gasteiger partial charge in [0.15, 0.2) is 0 Å². The molecule has 0 fully saturated rings. The van der Waals surface area contributed by atoms with Crippen LogP contribution in [0.4, 0.5) is 4.79 Å². The molecule has 0 rings (SSSR count). The van der Waals surface area contributed by atoms with Crippen molar-refractivity contribution in [2.75, 3.05) is 25.6 Å². The summed E-state index contributed by atoms with van der Waals surface area (Å²) in [6.45, 7) is 1.36. The Morgan fingerprint density at radius 3 is 2.47 bits per heavy atom. The van der Waals surface area contributed by atoms with Crippen molar-refractivity contribution in [1.29, 1.82) is 0 Å². The molecule has 0 aromatic rings. The van der Waals surface area contributed by atoms with Crippen molar-refractivity contribution < 1.29 is 18.9 Å². The van der Waals surface area contributed by atoms with E-state index >= 15 is 0 Å². The topological polar surface area (TPSA) is 86.7 Å². The van der Waals surface area contributed by atoms with Crippen molar-refractivity contribution in [1.82, 2.24) is 10.2 Å². The van der Waals surface area contributed by atoms with Crippen LogP contribution in [0.2, 0.25) is 0 Å². The highest BCUT2D eigenvalue weighted by Crippen LogP contribution is 1.90. The van der Waals surface area contributed by atoms with E-state index in [0.29, 0.717) is 5.75 Å². The maximum absolute atomic E-state index is 11.3. The average Bonchev–Trinajstić information content (AvgIpc) is 2.00. The second-order valence-electron chi connectivity index (χ2n) is 3.34. The first-order valence-electron chi connectivity index (χ1n) is 4.36. The molecule has 0 aliphatic carbocycles. The summed E-state index contributed by atoms with van der Waals surface area (Å²) in [5.41, 5.74) is 0. The number of hydrogen-bond donors (Lipinski definition) is 2. The zero-order chi connectivity index (χ0) is 12.0. The van der Waals surface area contributed by atoms with E-state index in [1.54, 1.807) is 13.2 Å². The van der Waals surface area contributed by atoms with Gasteiger partial charge in [0.25, 0.3) is 0 Å². The van der Waals surface area contributed by atoms with Crippen molar-refractivity contribution in [2.24, 2.45) is 0 Å². The number of carbonyl (C=O) groups excluding carboxylic acids is 1. The van der Waals surface area contributed by atoms with Gasteiger partial charge in [0.2, 0.25) is 0 Å². The van der Waals surface area contributed by atoms with E-state index in [-0.39, 0.29) is 12.6 Å². The number of carboxylic acid groups (broad SMARTS) is 1. The van der Waals surface area contributed by atoms with Crippen LogP contribution in [0.5, 0.6) is 0 Å². The van der Waals surface area contributed by atoms with Gasteiger partial charge in [-0.05, 0) is 6.92 Å². The third-order valence-corrected chi connectivity index (χ3v) is 2.54. The lowest BCUT2D eigenvalue weighted by Crippen LogP contribution is -2.45. The largest absolute Gasteiger partial charge is 0.480 e. The Kier molecular flexibility index (Phi) is 5.92. The van der Waals surface area contributed by atoms with Gasteiger partial charge < -0.3 is 15.3 Å². The molecule has 0 aliphatic rings. The lowest BCUT2D eigenvalue weighted by atomic mass is 10.4. The molecule has 0 saturated heterocycles. The minimum absolute atomic E-state index is 0.237. The van der Waals surface area contributed by atoms with Gasteiger partial charge in [-0.2, -0.15) is 0 Å². The molecular weight excluding hydrogens is 220 g/mol. The summed E-state index contributed by atoms with van der Waals surface area (Å²) in [6.07, 6.45) is 1.55. The Labute approximate surface area is 91.1 Å². The molecule has 2 amide bonds. The fraction of sp³-hybridized carbons (Fsp3) is 0.750. The maximum atomic E-state index is 11.3. The molecule has 0 aliphatic heterocycles. The quantitative estimate of drug-likeness (QED) is 0.672. The lowest BCUT2D eigenvalue weighted by Gasteiger charge is -2.19. The molecule has 0 saturated carbocycles. The Morgan fingerprint density at radius 2 is 2.07 bits per heavy atom. The standard InChI is InChI=1S/C8H16N2O4S/c1-6(5-15(3)14)9-8(13)10(2)4-7(11)12/h6H,4-5H2,1-3H3,(H,9,13)(H,11,12). The van der Waals surface area contributed by atoms with Gasteiger partial charge in [-0.15, -0.1) is 0 Å². The van der Waals surface area contributed by atoms with Gasteiger partial charge in [0, 0.05) is 35.9 Å². The molecule has 2 N–H and O–H groups in total. The summed E-state index contributed by atoms with van der Waals surface area (Å²) in [5, 5.41) is 11.0. The van der Waals surface area contributed by atoms with Crippen LogP contribution in [0.3, 0.4) is 0 Å². The molecule has 0 aromatic carbocycles. The Hall–Kier alpha value is -1.11. The number of likely N-dealkylation sites (N-methyl/N-ethyl adjacent to an activating group) is 1. The van der Waals surface area contributed by atoms with Crippen molar-refractivity contribution in [3.8, 4) is 0 Å². The highest BCUT2D eigenvalue weighted by molar-refractivity contribution is 7.84. The predicted octanol–water partition coefficient (Wildman–Crippen LogP) is -0.521. The zero-order valence-electron chi connectivity index (χ0n) is 9.02. The third-order valence-electron chi connectivity index (χ3n) is 1.57. The first-order valence-corrected chi connectivity index (χ1v) is 6.09. The summed E-state index contributed by atoms with van der Waals surface area (Å²) >= 11 is 0. The van der Waals surface area contributed by atoms with Gasteiger partial charge in [0.1, 0.15) is 6.54 Å². The van der Waals surface area contributed by atoms with Gasteiger partial charge in [-0.3, -0.25) is 9.00 Å². The summed E-state index contributed by atoms with van der Waals surface area (Å²) in [6, 6.07) is -0.713. The molecule has 0 aromatic heterocycles. The third kappa shape index (κ3) is 6.89. The highest BCUT2D eigenvalue weighted by Gasteiger charge is 2.14. The van der Waals surface area contributed by atoms with Crippen LogP contribution in [-0.4, -0.2) is 57.9 Å². The van der Waals surface area contributed by atoms with Crippen molar-refractivity contribution in [3.63, 3.8) is 0 Å². The van der Waals surface area contributed by atoms with E-state index in [9.17, 15) is 13.8 Å². The van der Waals surface area contributed by atoms with Gasteiger partial charge in [-0.25, -0.2) is 4.79 Å². The van der Waals surface area contributed by atoms with Crippen molar-refractivity contribution >= 4 is 22.8 Å². The number of urea groups is 1. The molecule has 0 spiro atoms. The predicted molar refractivity (Wildman–Crippen MR) is 57.2 cm³/mol. The molecule has 15 heavy (non-hydrogen) atoms.